The van der Waals surface area contributed by atoms with Gasteiger partial charge in [-0.1, -0.05) is 24.2 Å². The maximum atomic E-state index is 12.1. The summed E-state index contributed by atoms with van der Waals surface area (Å²) in [5, 5.41) is 3.86. The van der Waals surface area contributed by atoms with Crippen molar-refractivity contribution in [3.63, 3.8) is 0 Å². The standard InChI is InChI=1S/C18H24N2O4/c1-5-7-16-19-18(24-20-16)13(4)23-17(21)11-14-8-6-9-15(10-14)22-12(2)3/h6,8-10,12-13H,5,7,11H2,1-4H3. The molecule has 1 unspecified atom stereocenters. The molecule has 1 aromatic heterocycles. The van der Waals surface area contributed by atoms with E-state index in [1.165, 1.54) is 0 Å². The van der Waals surface area contributed by atoms with Gasteiger partial charge >= 0.3 is 5.97 Å². The van der Waals surface area contributed by atoms with Crippen LogP contribution < -0.4 is 4.74 Å². The first-order valence-electron chi connectivity index (χ1n) is 8.25. The molecule has 6 nitrogen and oxygen atoms in total. The average molecular weight is 332 g/mol. The lowest BCUT2D eigenvalue weighted by Gasteiger charge is -2.12. The number of benzene rings is 1. The zero-order valence-electron chi connectivity index (χ0n) is 14.6. The molecule has 0 N–H and O–H groups in total. The van der Waals surface area contributed by atoms with Gasteiger partial charge in [-0.05, 0) is 44.9 Å². The number of ether oxygens (including phenoxy) is 2. The Bertz CT molecular complexity index is 667. The van der Waals surface area contributed by atoms with Gasteiger partial charge < -0.3 is 14.0 Å². The van der Waals surface area contributed by atoms with Crippen LogP contribution in [0.4, 0.5) is 0 Å². The second kappa shape index (κ2) is 8.47. The second-order valence-corrected chi connectivity index (χ2v) is 5.92. The molecule has 130 valence electrons. The molecule has 1 aromatic carbocycles. The van der Waals surface area contributed by atoms with Crippen molar-refractivity contribution in [1.82, 2.24) is 10.1 Å². The summed E-state index contributed by atoms with van der Waals surface area (Å²) in [6.45, 7) is 7.68. The minimum atomic E-state index is -0.564. The predicted octanol–water partition coefficient (Wildman–Crippen LogP) is 3.66. The third-order valence-corrected chi connectivity index (χ3v) is 3.23. The molecule has 0 fully saturated rings. The highest BCUT2D eigenvalue weighted by Crippen LogP contribution is 2.18. The second-order valence-electron chi connectivity index (χ2n) is 5.92. The van der Waals surface area contributed by atoms with Gasteiger partial charge in [-0.15, -0.1) is 0 Å². The third-order valence-electron chi connectivity index (χ3n) is 3.23. The van der Waals surface area contributed by atoms with Crippen LogP contribution in [0.25, 0.3) is 0 Å². The van der Waals surface area contributed by atoms with Gasteiger partial charge in [0.1, 0.15) is 5.75 Å². The molecule has 2 rings (SSSR count). The number of esters is 1. The maximum absolute atomic E-state index is 12.1. The van der Waals surface area contributed by atoms with Gasteiger partial charge in [-0.2, -0.15) is 4.98 Å². The van der Waals surface area contributed by atoms with Crippen LogP contribution in [-0.4, -0.2) is 22.2 Å². The first-order chi connectivity index (χ1) is 11.5. The fraction of sp³-hybridized carbons (Fsp3) is 0.500. The monoisotopic (exact) mass is 332 g/mol. The van der Waals surface area contributed by atoms with E-state index < -0.39 is 6.10 Å². The summed E-state index contributed by atoms with van der Waals surface area (Å²) in [7, 11) is 0. The fourth-order valence-corrected chi connectivity index (χ4v) is 2.21. The number of hydrogen-bond donors (Lipinski definition) is 0. The Kier molecular flexibility index (Phi) is 6.35. The highest BCUT2D eigenvalue weighted by Gasteiger charge is 2.18. The molecular weight excluding hydrogens is 308 g/mol. The van der Waals surface area contributed by atoms with Crippen molar-refractivity contribution >= 4 is 5.97 Å². The summed E-state index contributed by atoms with van der Waals surface area (Å²) in [6.07, 6.45) is 1.36. The van der Waals surface area contributed by atoms with Crippen LogP contribution in [0.1, 0.15) is 57.5 Å². The van der Waals surface area contributed by atoms with Crippen LogP contribution >= 0.6 is 0 Å². The molecule has 0 bridgehead atoms. The van der Waals surface area contributed by atoms with E-state index in [1.54, 1.807) is 6.92 Å². The molecule has 1 atom stereocenters. The van der Waals surface area contributed by atoms with Crippen LogP contribution in [-0.2, 0) is 22.4 Å². The Morgan fingerprint density at radius 2 is 2.08 bits per heavy atom. The first kappa shape index (κ1) is 18.0. The average Bonchev–Trinajstić information content (AvgIpc) is 2.96. The smallest absolute Gasteiger partial charge is 0.311 e. The molecule has 0 aliphatic carbocycles. The van der Waals surface area contributed by atoms with Gasteiger partial charge in [0.2, 0.25) is 0 Å². The minimum Gasteiger partial charge on any atom is -0.491 e. The van der Waals surface area contributed by atoms with Crippen LogP contribution in [0.2, 0.25) is 0 Å². The molecule has 0 aliphatic rings. The summed E-state index contributed by atoms with van der Waals surface area (Å²) < 4.78 is 16.1. The Morgan fingerprint density at radius 3 is 2.79 bits per heavy atom. The number of hydrogen-bond acceptors (Lipinski definition) is 6. The lowest BCUT2D eigenvalue weighted by atomic mass is 10.1. The summed E-state index contributed by atoms with van der Waals surface area (Å²) >= 11 is 0. The van der Waals surface area contributed by atoms with Crippen molar-refractivity contribution in [1.29, 1.82) is 0 Å². The van der Waals surface area contributed by atoms with E-state index in [2.05, 4.69) is 10.1 Å². The van der Waals surface area contributed by atoms with E-state index in [9.17, 15) is 4.79 Å². The Labute approximate surface area is 142 Å². The van der Waals surface area contributed by atoms with E-state index in [4.69, 9.17) is 14.0 Å². The first-order valence-corrected chi connectivity index (χ1v) is 8.25. The lowest BCUT2D eigenvalue weighted by molar-refractivity contribution is -0.148. The molecule has 6 heteroatoms. The topological polar surface area (TPSA) is 74.5 Å². The molecular formula is C18H24N2O4. The van der Waals surface area contributed by atoms with Gasteiger partial charge in [0.25, 0.3) is 5.89 Å². The highest BCUT2D eigenvalue weighted by molar-refractivity contribution is 5.72. The van der Waals surface area contributed by atoms with Crippen LogP contribution in [0.15, 0.2) is 28.8 Å². The molecule has 0 saturated carbocycles. The van der Waals surface area contributed by atoms with Crippen molar-refractivity contribution in [2.24, 2.45) is 0 Å². The van der Waals surface area contributed by atoms with Crippen LogP contribution in [0.3, 0.4) is 0 Å². The summed E-state index contributed by atoms with van der Waals surface area (Å²) in [5.74, 6) is 1.35. The van der Waals surface area contributed by atoms with Crippen molar-refractivity contribution in [3.05, 3.63) is 41.5 Å². The number of carbonyl (C=O) groups is 1. The largest absolute Gasteiger partial charge is 0.491 e. The van der Waals surface area contributed by atoms with Crippen LogP contribution in [0, 0.1) is 0 Å². The van der Waals surface area contributed by atoms with Crippen LogP contribution in [0.5, 0.6) is 5.75 Å². The van der Waals surface area contributed by atoms with Gasteiger partial charge in [0.15, 0.2) is 11.9 Å². The van der Waals surface area contributed by atoms with Gasteiger partial charge in [0, 0.05) is 6.42 Å². The number of rotatable bonds is 8. The molecule has 0 aliphatic heterocycles. The zero-order valence-corrected chi connectivity index (χ0v) is 14.6. The van der Waals surface area contributed by atoms with E-state index in [0.717, 1.165) is 24.2 Å². The zero-order chi connectivity index (χ0) is 17.5. The highest BCUT2D eigenvalue weighted by atomic mass is 16.6. The Hall–Kier alpha value is -2.37. The quantitative estimate of drug-likeness (QED) is 0.687. The van der Waals surface area contributed by atoms with Crippen molar-refractivity contribution < 1.29 is 18.8 Å². The molecule has 1 heterocycles. The number of aromatic nitrogens is 2. The molecule has 24 heavy (non-hydrogen) atoms. The number of aryl methyl sites for hydroxylation is 1. The van der Waals surface area contributed by atoms with Crippen molar-refractivity contribution in [2.75, 3.05) is 0 Å². The number of carbonyl (C=O) groups excluding carboxylic acids is 1. The van der Waals surface area contributed by atoms with Crippen molar-refractivity contribution in [3.8, 4) is 5.75 Å². The molecule has 0 amide bonds. The number of nitrogens with zero attached hydrogens (tertiary/aromatic N) is 2. The molecule has 0 spiro atoms. The third kappa shape index (κ3) is 5.37. The van der Waals surface area contributed by atoms with E-state index in [0.29, 0.717) is 11.7 Å². The van der Waals surface area contributed by atoms with E-state index in [-0.39, 0.29) is 18.5 Å². The summed E-state index contributed by atoms with van der Waals surface area (Å²) in [5.41, 5.74) is 0.836. The Balaban J connectivity index is 1.92. The lowest BCUT2D eigenvalue weighted by Crippen LogP contribution is -2.12. The summed E-state index contributed by atoms with van der Waals surface area (Å²) in [4.78, 5) is 16.3. The van der Waals surface area contributed by atoms with E-state index in [1.807, 2.05) is 45.0 Å². The summed E-state index contributed by atoms with van der Waals surface area (Å²) in [6, 6.07) is 7.44. The predicted molar refractivity (Wildman–Crippen MR) is 88.7 cm³/mol. The Morgan fingerprint density at radius 1 is 1.29 bits per heavy atom. The fourth-order valence-electron chi connectivity index (χ4n) is 2.21. The van der Waals surface area contributed by atoms with Gasteiger partial charge in [0.05, 0.1) is 12.5 Å². The van der Waals surface area contributed by atoms with Gasteiger partial charge in [-0.25, -0.2) is 0 Å². The normalized spacial score (nSPS) is 12.2. The molecule has 0 saturated heterocycles. The molecule has 0 radical (unpaired) electrons. The van der Waals surface area contributed by atoms with Crippen molar-refractivity contribution in [2.45, 2.75) is 59.2 Å². The maximum Gasteiger partial charge on any atom is 0.311 e. The molecule has 2 aromatic rings. The van der Waals surface area contributed by atoms with Gasteiger partial charge in [-0.3, -0.25) is 4.79 Å². The minimum absolute atomic E-state index is 0.0852. The van der Waals surface area contributed by atoms with E-state index >= 15 is 0 Å². The SMILES string of the molecule is CCCc1noc(C(C)OC(=O)Cc2cccc(OC(C)C)c2)n1.